The predicted molar refractivity (Wildman–Crippen MR) is 148 cm³/mol. The molecule has 0 atom stereocenters. The maximum absolute atomic E-state index is 15.1. The zero-order valence-electron chi connectivity index (χ0n) is 22.7. The minimum atomic E-state index is -0.540. The van der Waals surface area contributed by atoms with E-state index in [4.69, 9.17) is 16.3 Å². The van der Waals surface area contributed by atoms with Crippen LogP contribution < -0.4 is 9.64 Å². The maximum atomic E-state index is 15.1. The number of halogens is 3. The van der Waals surface area contributed by atoms with Gasteiger partial charge < -0.3 is 14.5 Å². The van der Waals surface area contributed by atoms with Crippen LogP contribution in [0.5, 0.6) is 5.75 Å². The van der Waals surface area contributed by atoms with Gasteiger partial charge in [0.05, 0.1) is 23.5 Å². The Morgan fingerprint density at radius 1 is 1.11 bits per heavy atom. The highest BCUT2D eigenvalue weighted by molar-refractivity contribution is 6.33. The van der Waals surface area contributed by atoms with Crippen molar-refractivity contribution in [2.24, 2.45) is 0 Å². The minimum absolute atomic E-state index is 0.164. The summed E-state index contributed by atoms with van der Waals surface area (Å²) >= 11 is 6.66. The number of ether oxygens (including phenoxy) is 1. The number of hydrogen-bond donors (Lipinski definition) is 0. The van der Waals surface area contributed by atoms with E-state index in [-0.39, 0.29) is 23.5 Å². The van der Waals surface area contributed by atoms with Gasteiger partial charge >= 0.3 is 0 Å². The van der Waals surface area contributed by atoms with Gasteiger partial charge in [-0.25, -0.2) is 18.7 Å². The zero-order chi connectivity index (χ0) is 27.2. The van der Waals surface area contributed by atoms with Crippen LogP contribution in [0.4, 0.5) is 14.5 Å². The summed E-state index contributed by atoms with van der Waals surface area (Å²) in [4.78, 5) is 13.2. The maximum Gasteiger partial charge on any atom is 0.167 e. The summed E-state index contributed by atoms with van der Waals surface area (Å²) in [7, 11) is 2.10. The van der Waals surface area contributed by atoms with Gasteiger partial charge in [0.15, 0.2) is 11.6 Å². The lowest BCUT2D eigenvalue weighted by Gasteiger charge is -2.43. The van der Waals surface area contributed by atoms with Crippen LogP contribution in [-0.4, -0.2) is 53.2 Å². The summed E-state index contributed by atoms with van der Waals surface area (Å²) in [6.45, 7) is 10.9. The first-order valence-electron chi connectivity index (χ1n) is 13.3. The first kappa shape index (κ1) is 26.8. The third-order valence-electron chi connectivity index (χ3n) is 7.54. The van der Waals surface area contributed by atoms with Gasteiger partial charge in [-0.1, -0.05) is 23.7 Å². The molecule has 38 heavy (non-hydrogen) atoms. The topological polar surface area (TPSA) is 41.5 Å². The summed E-state index contributed by atoms with van der Waals surface area (Å²) in [6.07, 6.45) is 3.38. The first-order valence-corrected chi connectivity index (χ1v) is 13.7. The van der Waals surface area contributed by atoms with Gasteiger partial charge in [0.25, 0.3) is 0 Å². The molecule has 0 aliphatic carbocycles. The quantitative estimate of drug-likeness (QED) is 0.353. The largest absolute Gasteiger partial charge is 0.482 e. The summed E-state index contributed by atoms with van der Waals surface area (Å²) in [6, 6.07) is 9.14. The van der Waals surface area contributed by atoms with Gasteiger partial charge in [0.2, 0.25) is 0 Å². The number of rotatable bonds is 5. The van der Waals surface area contributed by atoms with E-state index in [0.717, 1.165) is 42.7 Å². The average molecular weight is 541 g/mol. The summed E-state index contributed by atoms with van der Waals surface area (Å²) < 4.78 is 36.3. The van der Waals surface area contributed by atoms with Crippen LogP contribution >= 0.6 is 11.6 Å². The highest BCUT2D eigenvalue weighted by Crippen LogP contribution is 2.45. The Morgan fingerprint density at radius 2 is 1.84 bits per heavy atom. The van der Waals surface area contributed by atoms with Crippen molar-refractivity contribution in [1.82, 2.24) is 14.9 Å². The van der Waals surface area contributed by atoms with Crippen LogP contribution in [0.2, 0.25) is 5.02 Å². The molecule has 1 aromatic heterocycles. The first-order chi connectivity index (χ1) is 18.0. The second kappa shape index (κ2) is 10.4. The third-order valence-corrected chi connectivity index (χ3v) is 7.82. The molecule has 2 aromatic carbocycles. The Kier molecular flexibility index (Phi) is 7.35. The molecule has 3 aromatic rings. The van der Waals surface area contributed by atoms with E-state index >= 15 is 8.78 Å². The molecule has 3 heterocycles. The SMILES string of the molecule is CC(C)N1CC(C)(C)Oc2c(Cl)cc(-c3nc(Cc4ccc(C5CCN(C)CC5)c(F)c4)ncc3F)cc21. The number of likely N-dealkylation sites (tertiary alicyclic amines) is 1. The number of benzene rings is 2. The zero-order valence-corrected chi connectivity index (χ0v) is 23.4. The van der Waals surface area contributed by atoms with Gasteiger partial charge in [-0.3, -0.25) is 0 Å². The van der Waals surface area contributed by atoms with Crippen molar-refractivity contribution in [3.63, 3.8) is 0 Å². The van der Waals surface area contributed by atoms with Crippen molar-refractivity contribution >= 4 is 17.3 Å². The fourth-order valence-corrected chi connectivity index (χ4v) is 5.75. The number of fused-ring (bicyclic) bond motifs is 1. The number of anilines is 1. The smallest absolute Gasteiger partial charge is 0.167 e. The number of hydrogen-bond acceptors (Lipinski definition) is 5. The van der Waals surface area contributed by atoms with Crippen molar-refractivity contribution in [3.05, 3.63) is 70.1 Å². The fourth-order valence-electron chi connectivity index (χ4n) is 5.50. The van der Waals surface area contributed by atoms with Gasteiger partial charge in [0, 0.05) is 18.0 Å². The summed E-state index contributed by atoms with van der Waals surface area (Å²) in [5, 5.41) is 0.405. The van der Waals surface area contributed by atoms with Crippen LogP contribution in [0, 0.1) is 11.6 Å². The lowest BCUT2D eigenvalue weighted by molar-refractivity contribution is 0.103. The molecule has 5 nitrogen and oxygen atoms in total. The third kappa shape index (κ3) is 5.50. The average Bonchev–Trinajstić information content (AvgIpc) is 2.85. The van der Waals surface area contributed by atoms with Crippen LogP contribution in [0.15, 0.2) is 36.5 Å². The van der Waals surface area contributed by atoms with Crippen molar-refractivity contribution < 1.29 is 13.5 Å². The van der Waals surface area contributed by atoms with Crippen molar-refractivity contribution in [2.75, 3.05) is 31.6 Å². The normalized spacial score (nSPS) is 18.0. The molecular weight excluding hydrogens is 506 g/mol. The van der Waals surface area contributed by atoms with E-state index in [2.05, 4.69) is 40.7 Å². The molecule has 0 amide bonds. The standard InChI is InChI=1S/C30H35ClF2N4O/c1-18(2)37-17-30(3,4)38-29-23(31)14-21(15-26(29)37)28-25(33)16-34-27(35-28)13-19-6-7-22(24(32)12-19)20-8-10-36(5)11-9-20/h6-7,12,14-16,18,20H,8-11,13,17H2,1-5H3. The van der Waals surface area contributed by atoms with E-state index in [0.29, 0.717) is 35.1 Å². The molecule has 0 bridgehead atoms. The Balaban J connectivity index is 1.43. The van der Waals surface area contributed by atoms with E-state index in [1.807, 2.05) is 32.0 Å². The van der Waals surface area contributed by atoms with Gasteiger partial charge in [-0.05, 0) is 95.9 Å². The molecule has 1 fully saturated rings. The van der Waals surface area contributed by atoms with Crippen molar-refractivity contribution in [3.8, 4) is 17.0 Å². The van der Waals surface area contributed by atoms with Crippen LogP contribution in [-0.2, 0) is 6.42 Å². The lowest BCUT2D eigenvalue weighted by atomic mass is 9.88. The molecule has 0 N–H and O–H groups in total. The Hall–Kier alpha value is -2.77. The monoisotopic (exact) mass is 540 g/mol. The number of aromatic nitrogens is 2. The van der Waals surface area contributed by atoms with Gasteiger partial charge in [-0.15, -0.1) is 0 Å². The van der Waals surface area contributed by atoms with E-state index < -0.39 is 11.4 Å². The number of nitrogens with zero attached hydrogens (tertiary/aromatic N) is 4. The molecule has 0 spiro atoms. The minimum Gasteiger partial charge on any atom is -0.482 e. The van der Waals surface area contributed by atoms with Crippen molar-refractivity contribution in [2.45, 2.75) is 64.5 Å². The highest BCUT2D eigenvalue weighted by atomic mass is 35.5. The molecule has 5 rings (SSSR count). The molecule has 0 saturated carbocycles. The molecule has 202 valence electrons. The van der Waals surface area contributed by atoms with E-state index in [1.165, 1.54) is 6.20 Å². The molecule has 8 heteroatoms. The van der Waals surface area contributed by atoms with Crippen molar-refractivity contribution in [1.29, 1.82) is 0 Å². The van der Waals surface area contributed by atoms with Gasteiger partial charge in [-0.2, -0.15) is 0 Å². The summed E-state index contributed by atoms with van der Waals surface area (Å²) in [5.74, 6) is 0.511. The molecule has 2 aliphatic rings. The van der Waals surface area contributed by atoms with E-state index in [9.17, 15) is 0 Å². The van der Waals surface area contributed by atoms with Crippen LogP contribution in [0.1, 0.15) is 63.4 Å². The Labute approximate surface area is 228 Å². The molecule has 0 unspecified atom stereocenters. The Morgan fingerprint density at radius 3 is 2.53 bits per heavy atom. The number of piperidine rings is 1. The second-order valence-corrected chi connectivity index (χ2v) is 11.9. The van der Waals surface area contributed by atoms with Gasteiger partial charge in [0.1, 0.15) is 22.9 Å². The molecule has 0 radical (unpaired) electrons. The molecular formula is C30H35ClF2N4O. The predicted octanol–water partition coefficient (Wildman–Crippen LogP) is 6.86. The Bertz CT molecular complexity index is 1340. The molecule has 2 aliphatic heterocycles. The highest BCUT2D eigenvalue weighted by Gasteiger charge is 2.35. The lowest BCUT2D eigenvalue weighted by Crippen LogP contribution is -2.49. The van der Waals surface area contributed by atoms with E-state index in [1.54, 1.807) is 12.1 Å². The molecule has 1 saturated heterocycles. The fraction of sp³-hybridized carbons (Fsp3) is 0.467. The summed E-state index contributed by atoms with van der Waals surface area (Å²) in [5.41, 5.74) is 2.64. The van der Waals surface area contributed by atoms with Crippen LogP contribution in [0.25, 0.3) is 11.3 Å². The van der Waals surface area contributed by atoms with Crippen LogP contribution in [0.3, 0.4) is 0 Å². The second-order valence-electron chi connectivity index (χ2n) is 11.5.